The summed E-state index contributed by atoms with van der Waals surface area (Å²) in [4.78, 5) is 11.0. The Hall–Kier alpha value is -2.07. The van der Waals surface area contributed by atoms with Crippen LogP contribution in [0.2, 0.25) is 0 Å². The fraction of sp³-hybridized carbons (Fsp3) is 0.476. The van der Waals surface area contributed by atoms with E-state index < -0.39 is 60.9 Å². The van der Waals surface area contributed by atoms with Crippen LogP contribution in [-0.2, 0) is 14.8 Å². The first kappa shape index (κ1) is 22.1. The fourth-order valence-electron chi connectivity index (χ4n) is 4.95. The minimum atomic E-state index is -5.19. The molecule has 0 aromatic heterocycles. The first-order valence-electron chi connectivity index (χ1n) is 9.70. The van der Waals surface area contributed by atoms with Gasteiger partial charge in [0, 0.05) is 22.3 Å². The molecule has 1 saturated carbocycles. The highest BCUT2D eigenvalue weighted by molar-refractivity contribution is 7.89. The van der Waals surface area contributed by atoms with Crippen molar-refractivity contribution in [3.63, 3.8) is 0 Å². The lowest BCUT2D eigenvalue weighted by molar-refractivity contribution is -0.120. The summed E-state index contributed by atoms with van der Waals surface area (Å²) in [6.45, 7) is 6.86. The number of carbonyl (C=O) groups is 1. The summed E-state index contributed by atoms with van der Waals surface area (Å²) in [5.41, 5.74) is 0.175. The smallest absolute Gasteiger partial charge is 0.247 e. The number of allylic oxidation sites excluding steroid dienone is 1. The Labute approximate surface area is 176 Å². The molecule has 1 aromatic rings. The maximum absolute atomic E-state index is 14.2. The lowest BCUT2D eigenvalue weighted by Gasteiger charge is -2.35. The molecule has 0 saturated heterocycles. The zero-order valence-electron chi connectivity index (χ0n) is 17.2. The average Bonchev–Trinajstić information content (AvgIpc) is 3.44. The van der Waals surface area contributed by atoms with E-state index in [2.05, 4.69) is 4.72 Å². The second-order valence-corrected chi connectivity index (χ2v) is 10.8. The van der Waals surface area contributed by atoms with Crippen LogP contribution in [-0.4, -0.2) is 20.2 Å². The summed E-state index contributed by atoms with van der Waals surface area (Å²) in [6, 6.07) is -1.11. The molecule has 1 fully saturated rings. The van der Waals surface area contributed by atoms with E-state index in [0.29, 0.717) is 11.1 Å². The van der Waals surface area contributed by atoms with Crippen molar-refractivity contribution in [1.82, 2.24) is 4.72 Å². The largest absolute Gasteiger partial charge is 0.294 e. The summed E-state index contributed by atoms with van der Waals surface area (Å²) in [6.07, 6.45) is 3.10. The Bertz CT molecular complexity index is 1180. The monoisotopic (exact) mass is 461 g/mol. The topological polar surface area (TPSA) is 63.2 Å². The molecular weight excluding hydrogens is 441 g/mol. The summed E-state index contributed by atoms with van der Waals surface area (Å²) >= 11 is 0. The molecule has 168 valence electrons. The first-order valence-corrected chi connectivity index (χ1v) is 11.2. The van der Waals surface area contributed by atoms with Crippen molar-refractivity contribution in [3.05, 3.63) is 51.9 Å². The maximum atomic E-state index is 14.2. The zero-order chi connectivity index (χ0) is 23.3. The number of hydrogen-bond acceptors (Lipinski definition) is 3. The van der Waals surface area contributed by atoms with Gasteiger partial charge in [-0.05, 0) is 25.3 Å². The summed E-state index contributed by atoms with van der Waals surface area (Å²) < 4.78 is 96.8. The Morgan fingerprint density at radius 2 is 1.45 bits per heavy atom. The summed E-state index contributed by atoms with van der Waals surface area (Å²) in [7, 11) is -5.19. The molecule has 0 heterocycles. The van der Waals surface area contributed by atoms with Crippen molar-refractivity contribution in [2.24, 2.45) is 16.7 Å². The van der Waals surface area contributed by atoms with Crippen molar-refractivity contribution in [3.8, 4) is 0 Å². The molecular formula is C21H20F5NO3S. The van der Waals surface area contributed by atoms with Gasteiger partial charge in [-0.2, -0.15) is 0 Å². The van der Waals surface area contributed by atoms with E-state index in [1.165, 1.54) is 0 Å². The van der Waals surface area contributed by atoms with Gasteiger partial charge in [0.15, 0.2) is 33.9 Å². The molecule has 0 bridgehead atoms. The molecule has 3 aliphatic carbocycles. The molecule has 0 aliphatic heterocycles. The Balaban J connectivity index is 1.86. The highest BCUT2D eigenvalue weighted by Gasteiger charge is 2.59. The average molecular weight is 461 g/mol. The van der Waals surface area contributed by atoms with Gasteiger partial charge in [-0.1, -0.05) is 32.4 Å². The summed E-state index contributed by atoms with van der Waals surface area (Å²) in [5, 5.41) is 0. The highest BCUT2D eigenvalue weighted by atomic mass is 32.2. The molecule has 1 aromatic carbocycles. The number of benzene rings is 1. The third kappa shape index (κ3) is 2.87. The van der Waals surface area contributed by atoms with Crippen molar-refractivity contribution >= 4 is 15.8 Å². The number of rotatable bonds is 3. The van der Waals surface area contributed by atoms with E-state index in [4.69, 9.17) is 0 Å². The van der Waals surface area contributed by atoms with E-state index in [1.807, 2.05) is 6.92 Å². The SMILES string of the molecule is CC1=C2C(=CC(C)(C)[C@H]2NS(=O)(=O)c2c(F)c(F)c(F)c(F)c2F)C(=O)[C@@H](C)C12CC2. The van der Waals surface area contributed by atoms with Gasteiger partial charge in [-0.3, -0.25) is 4.79 Å². The van der Waals surface area contributed by atoms with E-state index in [0.717, 1.165) is 18.4 Å². The van der Waals surface area contributed by atoms with Crippen LogP contribution in [0.25, 0.3) is 0 Å². The number of Topliss-reactive ketones (excluding diaryl/α,β-unsaturated/α-hetero) is 1. The van der Waals surface area contributed by atoms with E-state index >= 15 is 0 Å². The standard InChI is InChI=1S/C21H20F5NO3S/c1-8-11-10(17(28)9(2)21(8)5-6-21)7-20(3,4)19(11)27-31(29,30)18-15(25)13(23)12(22)14(24)16(18)26/h7,9,19,27H,5-6H2,1-4H3/t9-,19+/m1/s1. The number of fused-ring (bicyclic) bond motifs is 1. The van der Waals surface area contributed by atoms with Crippen molar-refractivity contribution in [2.45, 2.75) is 51.5 Å². The lowest BCUT2D eigenvalue weighted by atomic mass is 9.70. The van der Waals surface area contributed by atoms with Gasteiger partial charge >= 0.3 is 0 Å². The number of sulfonamides is 1. The van der Waals surface area contributed by atoms with Crippen LogP contribution in [0.5, 0.6) is 0 Å². The van der Waals surface area contributed by atoms with E-state index in [-0.39, 0.29) is 11.7 Å². The minimum Gasteiger partial charge on any atom is -0.294 e. The van der Waals surface area contributed by atoms with Gasteiger partial charge in [0.1, 0.15) is 0 Å². The minimum absolute atomic E-state index is 0.149. The van der Waals surface area contributed by atoms with Crippen LogP contribution in [0.3, 0.4) is 0 Å². The Morgan fingerprint density at radius 3 is 1.94 bits per heavy atom. The molecule has 10 heteroatoms. The molecule has 1 spiro atoms. The first-order chi connectivity index (χ1) is 14.2. The Kier molecular flexibility index (Phi) is 4.62. The van der Waals surface area contributed by atoms with Crippen molar-refractivity contribution < 1.29 is 35.2 Å². The zero-order valence-corrected chi connectivity index (χ0v) is 18.0. The molecule has 31 heavy (non-hydrogen) atoms. The van der Waals surface area contributed by atoms with Crippen molar-refractivity contribution in [1.29, 1.82) is 0 Å². The highest BCUT2D eigenvalue weighted by Crippen LogP contribution is 2.64. The molecule has 4 nitrogen and oxygen atoms in total. The third-order valence-corrected chi connectivity index (χ3v) is 8.42. The Morgan fingerprint density at radius 1 is 0.968 bits per heavy atom. The van der Waals surface area contributed by atoms with Gasteiger partial charge in [0.25, 0.3) is 0 Å². The fourth-order valence-corrected chi connectivity index (χ4v) is 6.45. The number of hydrogen-bond donors (Lipinski definition) is 1. The van der Waals surface area contributed by atoms with E-state index in [1.54, 1.807) is 26.8 Å². The molecule has 1 N–H and O–H groups in total. The van der Waals surface area contributed by atoms with Gasteiger partial charge < -0.3 is 0 Å². The number of halogens is 5. The van der Waals surface area contributed by atoms with Crippen LogP contribution in [0.1, 0.15) is 40.5 Å². The lowest BCUT2D eigenvalue weighted by Crippen LogP contribution is -2.45. The predicted molar refractivity (Wildman–Crippen MR) is 101 cm³/mol. The predicted octanol–water partition coefficient (Wildman–Crippen LogP) is 4.31. The molecule has 3 aliphatic rings. The maximum Gasteiger partial charge on any atom is 0.247 e. The summed E-state index contributed by atoms with van der Waals surface area (Å²) in [5.74, 6) is -12.5. The van der Waals surface area contributed by atoms with Gasteiger partial charge in [0.2, 0.25) is 15.8 Å². The number of ketones is 1. The molecule has 2 atom stereocenters. The van der Waals surface area contributed by atoms with E-state index in [9.17, 15) is 35.2 Å². The normalized spacial score (nSPS) is 26.4. The quantitative estimate of drug-likeness (QED) is 0.415. The van der Waals surface area contributed by atoms with Gasteiger partial charge in [0.05, 0.1) is 6.04 Å². The number of nitrogens with one attached hydrogen (secondary N) is 1. The van der Waals surface area contributed by atoms with Crippen molar-refractivity contribution in [2.75, 3.05) is 0 Å². The number of carbonyl (C=O) groups excluding carboxylic acids is 1. The van der Waals surface area contributed by atoms with Gasteiger partial charge in [-0.25, -0.2) is 35.1 Å². The molecule has 0 unspecified atom stereocenters. The molecule has 0 radical (unpaired) electrons. The van der Waals surface area contributed by atoms with Crippen LogP contribution < -0.4 is 4.72 Å². The second kappa shape index (κ2) is 6.48. The van der Waals surface area contributed by atoms with Crippen LogP contribution in [0, 0.1) is 45.8 Å². The van der Waals surface area contributed by atoms with Crippen LogP contribution >= 0.6 is 0 Å². The second-order valence-electron chi connectivity index (χ2n) is 9.11. The van der Waals surface area contributed by atoms with Crippen LogP contribution in [0.4, 0.5) is 22.0 Å². The molecule has 0 amide bonds. The third-order valence-electron chi connectivity index (χ3n) is 6.98. The van der Waals surface area contributed by atoms with Crippen LogP contribution in [0.15, 0.2) is 27.7 Å². The molecule has 4 rings (SSSR count). The van der Waals surface area contributed by atoms with Gasteiger partial charge in [-0.15, -0.1) is 0 Å².